The average Bonchev–Trinajstić information content (AvgIpc) is 3.27. The molecule has 1 aromatic heterocycles. The molecule has 0 bridgehead atoms. The number of aromatic amines is 1. The molecule has 2 aliphatic rings. The molecule has 0 aliphatic carbocycles. The SMILES string of the molecule is CCNc1cc2c(c(C(F)(F)F)c1)NC(N1CCc3c([nH]c4ccc(Cl)cc34)C1)S2. The Morgan fingerprint density at radius 3 is 2.87 bits per heavy atom. The number of H-pyrrole nitrogens is 1. The second-order valence-corrected chi connectivity index (χ2v) is 9.09. The quantitative estimate of drug-likeness (QED) is 0.447. The number of hydrogen-bond donors (Lipinski definition) is 3. The van der Waals surface area contributed by atoms with Crippen LogP contribution in [0.1, 0.15) is 23.7 Å². The zero-order valence-corrected chi connectivity index (χ0v) is 17.7. The summed E-state index contributed by atoms with van der Waals surface area (Å²) in [4.78, 5) is 6.25. The van der Waals surface area contributed by atoms with Crippen molar-refractivity contribution in [1.29, 1.82) is 0 Å². The Morgan fingerprint density at radius 1 is 1.27 bits per heavy atom. The van der Waals surface area contributed by atoms with E-state index in [9.17, 15) is 13.2 Å². The molecule has 2 aliphatic heterocycles. The number of nitrogens with one attached hydrogen (secondary N) is 3. The van der Waals surface area contributed by atoms with Gasteiger partial charge in [0.05, 0.1) is 11.3 Å². The van der Waals surface area contributed by atoms with Gasteiger partial charge in [-0.25, -0.2) is 0 Å². The van der Waals surface area contributed by atoms with E-state index in [2.05, 4.69) is 20.5 Å². The first-order valence-electron chi connectivity index (χ1n) is 9.79. The van der Waals surface area contributed by atoms with E-state index < -0.39 is 11.7 Å². The van der Waals surface area contributed by atoms with Crippen LogP contribution in [0.5, 0.6) is 0 Å². The van der Waals surface area contributed by atoms with E-state index in [0.717, 1.165) is 29.6 Å². The third kappa shape index (κ3) is 3.40. The topological polar surface area (TPSA) is 43.1 Å². The van der Waals surface area contributed by atoms with Crippen LogP contribution in [0.25, 0.3) is 10.9 Å². The summed E-state index contributed by atoms with van der Waals surface area (Å²) in [6, 6.07) is 8.78. The lowest BCUT2D eigenvalue weighted by Crippen LogP contribution is -2.40. The van der Waals surface area contributed by atoms with Gasteiger partial charge < -0.3 is 15.6 Å². The first kappa shape index (κ1) is 19.9. The van der Waals surface area contributed by atoms with Gasteiger partial charge in [0, 0.05) is 51.8 Å². The largest absolute Gasteiger partial charge is 0.418 e. The maximum atomic E-state index is 13.7. The first-order chi connectivity index (χ1) is 14.3. The number of benzene rings is 2. The number of hydrogen-bond acceptors (Lipinski definition) is 4. The van der Waals surface area contributed by atoms with Crippen LogP contribution in [0.3, 0.4) is 0 Å². The Labute approximate surface area is 181 Å². The summed E-state index contributed by atoms with van der Waals surface area (Å²) in [7, 11) is 0. The van der Waals surface area contributed by atoms with E-state index in [-0.39, 0.29) is 11.2 Å². The van der Waals surface area contributed by atoms with Gasteiger partial charge in [-0.1, -0.05) is 23.4 Å². The second kappa shape index (κ2) is 7.28. The Morgan fingerprint density at radius 2 is 2.10 bits per heavy atom. The minimum atomic E-state index is -4.41. The van der Waals surface area contributed by atoms with E-state index >= 15 is 0 Å². The molecular formula is C21H20ClF3N4S. The smallest absolute Gasteiger partial charge is 0.385 e. The lowest BCUT2D eigenvalue weighted by molar-refractivity contribution is -0.137. The molecule has 30 heavy (non-hydrogen) atoms. The highest BCUT2D eigenvalue weighted by molar-refractivity contribution is 8.00. The predicted molar refractivity (Wildman–Crippen MR) is 116 cm³/mol. The molecule has 3 heterocycles. The van der Waals surface area contributed by atoms with Gasteiger partial charge in [-0.05, 0) is 49.2 Å². The maximum absolute atomic E-state index is 13.7. The van der Waals surface area contributed by atoms with Crippen LogP contribution >= 0.6 is 23.4 Å². The molecule has 0 spiro atoms. The van der Waals surface area contributed by atoms with Gasteiger partial charge in [0.2, 0.25) is 0 Å². The number of halogens is 4. The van der Waals surface area contributed by atoms with Crippen molar-refractivity contribution < 1.29 is 13.2 Å². The van der Waals surface area contributed by atoms with Crippen LogP contribution in [0.15, 0.2) is 35.2 Å². The monoisotopic (exact) mass is 452 g/mol. The van der Waals surface area contributed by atoms with Crippen LogP contribution in [0.4, 0.5) is 24.5 Å². The van der Waals surface area contributed by atoms with Crippen LogP contribution in [-0.4, -0.2) is 28.5 Å². The van der Waals surface area contributed by atoms with Gasteiger partial charge in [0.1, 0.15) is 5.50 Å². The van der Waals surface area contributed by atoms with Gasteiger partial charge in [-0.2, -0.15) is 13.2 Å². The highest BCUT2D eigenvalue weighted by atomic mass is 35.5. The summed E-state index contributed by atoms with van der Waals surface area (Å²) in [5.41, 5.74) is 3.18. The molecule has 0 radical (unpaired) electrons. The lowest BCUT2D eigenvalue weighted by Gasteiger charge is -2.31. The summed E-state index contributed by atoms with van der Waals surface area (Å²) >= 11 is 7.59. The molecule has 5 rings (SSSR count). The number of fused-ring (bicyclic) bond motifs is 4. The standard InChI is InChI=1S/C21H20ClF3N4S/c1-2-26-12-8-15(21(23,24)25)19-18(9-12)30-20(28-19)29-6-5-13-14-7-11(22)3-4-16(14)27-17(13)10-29/h3-4,7-9,20,26-28H,2,5-6,10H2,1H3. The minimum absolute atomic E-state index is 0.174. The van der Waals surface area contributed by atoms with Crippen molar-refractivity contribution in [2.75, 3.05) is 23.7 Å². The van der Waals surface area contributed by atoms with E-state index in [0.29, 0.717) is 28.7 Å². The van der Waals surface area contributed by atoms with Gasteiger partial charge in [0.15, 0.2) is 0 Å². The fourth-order valence-corrected chi connectivity index (χ4v) is 5.66. The normalized spacial score (nSPS) is 18.9. The maximum Gasteiger partial charge on any atom is 0.418 e. The molecule has 9 heteroatoms. The zero-order chi connectivity index (χ0) is 21.0. The van der Waals surface area contributed by atoms with Crippen LogP contribution in [0, 0.1) is 0 Å². The second-order valence-electron chi connectivity index (χ2n) is 7.53. The number of aromatic nitrogens is 1. The minimum Gasteiger partial charge on any atom is -0.385 e. The van der Waals surface area contributed by atoms with Gasteiger partial charge in [-0.15, -0.1) is 0 Å². The average molecular weight is 453 g/mol. The molecule has 1 atom stereocenters. The molecule has 0 saturated heterocycles. The summed E-state index contributed by atoms with van der Waals surface area (Å²) in [5, 5.41) is 7.96. The zero-order valence-electron chi connectivity index (χ0n) is 16.2. The number of nitrogens with zero attached hydrogens (tertiary/aromatic N) is 1. The molecule has 1 unspecified atom stereocenters. The molecule has 3 N–H and O–H groups in total. The Kier molecular flexibility index (Phi) is 4.83. The van der Waals surface area contributed by atoms with Crippen molar-refractivity contribution in [2.24, 2.45) is 0 Å². The number of anilines is 2. The summed E-state index contributed by atoms with van der Waals surface area (Å²) < 4.78 is 41.0. The van der Waals surface area contributed by atoms with Gasteiger partial charge in [-0.3, -0.25) is 4.90 Å². The van der Waals surface area contributed by atoms with E-state index in [4.69, 9.17) is 11.6 Å². The third-order valence-corrected chi connectivity index (χ3v) is 7.04. The highest BCUT2D eigenvalue weighted by Gasteiger charge is 2.40. The van der Waals surface area contributed by atoms with Crippen molar-refractivity contribution >= 4 is 45.6 Å². The summed E-state index contributed by atoms with van der Waals surface area (Å²) in [6.07, 6.45) is -3.59. The first-order valence-corrected chi connectivity index (χ1v) is 11.0. The van der Waals surface area contributed by atoms with Crippen LogP contribution < -0.4 is 10.6 Å². The van der Waals surface area contributed by atoms with Crippen molar-refractivity contribution in [2.45, 2.75) is 36.5 Å². The molecule has 2 aromatic carbocycles. The molecule has 3 aromatic rings. The Hall–Kier alpha value is -2.03. The summed E-state index contributed by atoms with van der Waals surface area (Å²) in [6.45, 7) is 3.83. The predicted octanol–water partition coefficient (Wildman–Crippen LogP) is 6.13. The third-order valence-electron chi connectivity index (χ3n) is 5.59. The summed E-state index contributed by atoms with van der Waals surface area (Å²) in [5.74, 6) is 0. The van der Waals surface area contributed by atoms with E-state index in [1.54, 1.807) is 6.07 Å². The fourth-order valence-electron chi connectivity index (χ4n) is 4.26. The van der Waals surface area contributed by atoms with Crippen LogP contribution in [0.2, 0.25) is 5.02 Å². The molecular weight excluding hydrogens is 433 g/mol. The number of thioether (sulfide) groups is 1. The van der Waals surface area contributed by atoms with Crippen molar-refractivity contribution in [3.05, 3.63) is 52.2 Å². The molecule has 4 nitrogen and oxygen atoms in total. The molecule has 0 fully saturated rings. The number of rotatable bonds is 3. The Balaban J connectivity index is 1.43. The van der Waals surface area contributed by atoms with Crippen molar-refractivity contribution in [3.8, 4) is 0 Å². The fraction of sp³-hybridized carbons (Fsp3) is 0.333. The number of alkyl halides is 3. The van der Waals surface area contributed by atoms with Gasteiger partial charge in [0.25, 0.3) is 0 Å². The molecule has 0 amide bonds. The van der Waals surface area contributed by atoms with Gasteiger partial charge >= 0.3 is 6.18 Å². The van der Waals surface area contributed by atoms with E-state index in [1.807, 2.05) is 25.1 Å². The molecule has 158 valence electrons. The highest BCUT2D eigenvalue weighted by Crippen LogP contribution is 2.49. The lowest BCUT2D eigenvalue weighted by atomic mass is 10.0. The van der Waals surface area contributed by atoms with Crippen molar-refractivity contribution in [1.82, 2.24) is 9.88 Å². The van der Waals surface area contributed by atoms with Crippen molar-refractivity contribution in [3.63, 3.8) is 0 Å². The Bertz CT molecular complexity index is 1130. The van der Waals surface area contributed by atoms with E-state index in [1.165, 1.54) is 23.4 Å². The van der Waals surface area contributed by atoms with Crippen LogP contribution in [-0.2, 0) is 19.1 Å². The molecule has 0 saturated carbocycles.